The third kappa shape index (κ3) is 4.94. The summed E-state index contributed by atoms with van der Waals surface area (Å²) in [6, 6.07) is 24.5. The zero-order valence-corrected chi connectivity index (χ0v) is 24.0. The van der Waals surface area contributed by atoms with Crippen LogP contribution in [0.4, 0.5) is 11.4 Å². The fraction of sp³-hybridized carbons (Fsp3) is 0.194. The number of esters is 1. The second-order valence-electron chi connectivity index (χ2n) is 9.77. The van der Waals surface area contributed by atoms with Crippen LogP contribution >= 0.6 is 23.1 Å². The lowest BCUT2D eigenvalue weighted by Crippen LogP contribution is -2.33. The first-order valence-corrected chi connectivity index (χ1v) is 15.0. The molecule has 3 amide bonds. The van der Waals surface area contributed by atoms with Crippen LogP contribution in [0.3, 0.4) is 0 Å². The van der Waals surface area contributed by atoms with Crippen molar-refractivity contribution in [2.24, 2.45) is 5.92 Å². The Morgan fingerprint density at radius 1 is 0.881 bits per heavy atom. The largest absolute Gasteiger partial charge is 0.462 e. The number of carbonyl (C=O) groups is 4. The maximum atomic E-state index is 13.8. The minimum atomic E-state index is -0.755. The van der Waals surface area contributed by atoms with Crippen LogP contribution in [-0.2, 0) is 25.7 Å². The van der Waals surface area contributed by atoms with Crippen LogP contribution < -0.4 is 15.1 Å². The van der Waals surface area contributed by atoms with Crippen molar-refractivity contribution < 1.29 is 23.9 Å². The molecule has 11 heteroatoms. The number of aromatic nitrogens is 1. The van der Waals surface area contributed by atoms with E-state index in [1.54, 1.807) is 55.5 Å². The summed E-state index contributed by atoms with van der Waals surface area (Å²) >= 11 is 2.17. The highest BCUT2D eigenvalue weighted by Crippen LogP contribution is 2.53. The zero-order chi connectivity index (χ0) is 29.4. The summed E-state index contributed by atoms with van der Waals surface area (Å²) in [5.41, 5.74) is 2.14. The predicted octanol–water partition coefficient (Wildman–Crippen LogP) is 4.52. The van der Waals surface area contributed by atoms with Gasteiger partial charge in [0.25, 0.3) is 0 Å². The van der Waals surface area contributed by atoms with E-state index in [1.807, 2.05) is 36.4 Å². The third-order valence-electron chi connectivity index (χ3n) is 7.20. The Kier molecular flexibility index (Phi) is 7.53. The molecule has 3 aromatic carbocycles. The molecule has 4 aromatic rings. The van der Waals surface area contributed by atoms with Crippen LogP contribution in [0.25, 0.3) is 0 Å². The number of nitrogens with one attached hydrogen (secondary N) is 1. The van der Waals surface area contributed by atoms with Crippen LogP contribution in [-0.4, -0.2) is 40.1 Å². The molecular formula is C31H25N3O6S2. The molecule has 0 spiro atoms. The molecule has 2 aliphatic rings. The smallest absolute Gasteiger partial charge is 0.338 e. The monoisotopic (exact) mass is 599 g/mol. The molecule has 1 N–H and O–H groups in total. The topological polar surface area (TPSA) is 115 Å². The van der Waals surface area contributed by atoms with Crippen molar-refractivity contribution in [3.8, 4) is 0 Å². The van der Waals surface area contributed by atoms with Gasteiger partial charge in [-0.3, -0.25) is 23.7 Å². The van der Waals surface area contributed by atoms with Gasteiger partial charge < -0.3 is 10.1 Å². The molecule has 1 saturated heterocycles. The van der Waals surface area contributed by atoms with E-state index in [0.717, 1.165) is 16.9 Å². The highest BCUT2D eigenvalue weighted by atomic mass is 32.2. The first-order valence-electron chi connectivity index (χ1n) is 13.3. The zero-order valence-electron chi connectivity index (χ0n) is 22.4. The van der Waals surface area contributed by atoms with E-state index in [9.17, 15) is 24.0 Å². The average Bonchev–Trinajstić information content (AvgIpc) is 3.44. The molecule has 3 atom stereocenters. The minimum absolute atomic E-state index is 0.256. The van der Waals surface area contributed by atoms with Crippen LogP contribution in [0.5, 0.6) is 0 Å². The van der Waals surface area contributed by atoms with Gasteiger partial charge in [-0.25, -0.2) is 9.69 Å². The average molecular weight is 600 g/mol. The number of amides is 3. The number of ether oxygens (including phenoxy) is 1. The maximum absolute atomic E-state index is 13.8. The summed E-state index contributed by atoms with van der Waals surface area (Å²) in [6.45, 7) is 1.70. The van der Waals surface area contributed by atoms with E-state index >= 15 is 0 Å². The molecule has 0 radical (unpaired) electrons. The number of hydrogen-bond acceptors (Lipinski definition) is 8. The number of para-hydroxylation sites is 1. The first kappa shape index (κ1) is 27.7. The highest BCUT2D eigenvalue weighted by Gasteiger charge is 2.56. The number of thiazole rings is 1. The van der Waals surface area contributed by atoms with Crippen molar-refractivity contribution in [3.63, 3.8) is 0 Å². The summed E-state index contributed by atoms with van der Waals surface area (Å²) < 4.78 is 6.36. The van der Waals surface area contributed by atoms with Gasteiger partial charge in [0.15, 0.2) is 0 Å². The molecule has 0 saturated carbocycles. The molecule has 0 unspecified atom stereocenters. The lowest BCUT2D eigenvalue weighted by molar-refractivity contribution is -0.122. The number of hydrogen-bond donors (Lipinski definition) is 1. The van der Waals surface area contributed by atoms with Gasteiger partial charge in [0.05, 0.1) is 28.8 Å². The Hall–Kier alpha value is -4.48. The van der Waals surface area contributed by atoms with Crippen LogP contribution in [0.2, 0.25) is 0 Å². The molecule has 1 aromatic heterocycles. The molecule has 42 heavy (non-hydrogen) atoms. The minimum Gasteiger partial charge on any atom is -0.462 e. The van der Waals surface area contributed by atoms with Gasteiger partial charge in [0.2, 0.25) is 17.7 Å². The van der Waals surface area contributed by atoms with Crippen LogP contribution in [0.1, 0.15) is 33.6 Å². The summed E-state index contributed by atoms with van der Waals surface area (Å²) in [6.07, 6.45) is 0. The Morgan fingerprint density at radius 3 is 2.21 bits per heavy atom. The molecule has 0 aliphatic carbocycles. The number of anilines is 2. The van der Waals surface area contributed by atoms with Gasteiger partial charge in [0, 0.05) is 16.5 Å². The van der Waals surface area contributed by atoms with Gasteiger partial charge in [-0.2, -0.15) is 0 Å². The van der Waals surface area contributed by atoms with E-state index in [1.165, 1.54) is 21.2 Å². The molecule has 3 heterocycles. The Morgan fingerprint density at radius 2 is 1.55 bits per heavy atom. The summed E-state index contributed by atoms with van der Waals surface area (Å²) in [5, 5.41) is 2.52. The highest BCUT2D eigenvalue weighted by molar-refractivity contribution is 8.00. The molecule has 0 bridgehead atoms. The lowest BCUT2D eigenvalue weighted by atomic mass is 9.83. The van der Waals surface area contributed by atoms with Crippen LogP contribution in [0.15, 0.2) is 94.7 Å². The quantitative estimate of drug-likeness (QED) is 0.245. The number of carbonyl (C=O) groups excluding carboxylic acids is 4. The number of benzene rings is 3. The SMILES string of the molecule is CCOC(=O)c1ccc(NC(=O)Cn2c3c(sc2=O)[C@@H](c2ccccc2)[C@@H]2C(=O)N(c4ccccc4)C(=O)[C@@H]2S3)cc1. The van der Waals surface area contributed by atoms with Gasteiger partial charge in [0.1, 0.15) is 11.8 Å². The molecule has 212 valence electrons. The summed E-state index contributed by atoms with van der Waals surface area (Å²) in [5.74, 6) is -2.77. The number of fused-ring (bicyclic) bond motifs is 2. The van der Waals surface area contributed by atoms with Crippen molar-refractivity contribution in [1.29, 1.82) is 0 Å². The molecule has 2 aliphatic heterocycles. The molecular weight excluding hydrogens is 574 g/mol. The van der Waals surface area contributed by atoms with E-state index in [0.29, 0.717) is 26.8 Å². The number of nitrogens with zero attached hydrogens (tertiary/aromatic N) is 2. The summed E-state index contributed by atoms with van der Waals surface area (Å²) in [4.78, 5) is 67.4. The normalized spacial score (nSPS) is 19.3. The third-order valence-corrected chi connectivity index (χ3v) is 9.81. The van der Waals surface area contributed by atoms with Crippen molar-refractivity contribution in [1.82, 2.24) is 4.57 Å². The Balaban J connectivity index is 1.32. The van der Waals surface area contributed by atoms with Crippen LogP contribution in [0, 0.1) is 5.92 Å². The van der Waals surface area contributed by atoms with Crippen molar-refractivity contribution in [3.05, 3.63) is 111 Å². The lowest BCUT2D eigenvalue weighted by Gasteiger charge is -2.30. The molecule has 6 rings (SSSR count). The van der Waals surface area contributed by atoms with Gasteiger partial charge in [-0.05, 0) is 48.9 Å². The van der Waals surface area contributed by atoms with Crippen molar-refractivity contribution >= 4 is 58.2 Å². The second-order valence-corrected chi connectivity index (χ2v) is 11.9. The number of thioether (sulfide) groups is 1. The first-order chi connectivity index (χ1) is 20.4. The van der Waals surface area contributed by atoms with E-state index in [4.69, 9.17) is 4.74 Å². The second kappa shape index (κ2) is 11.4. The fourth-order valence-electron chi connectivity index (χ4n) is 5.35. The number of imide groups is 1. The molecule has 9 nitrogen and oxygen atoms in total. The van der Waals surface area contributed by atoms with E-state index < -0.39 is 29.0 Å². The molecule has 1 fully saturated rings. The van der Waals surface area contributed by atoms with E-state index in [-0.39, 0.29) is 29.8 Å². The van der Waals surface area contributed by atoms with Gasteiger partial charge in [-0.15, -0.1) is 0 Å². The van der Waals surface area contributed by atoms with Crippen molar-refractivity contribution in [2.45, 2.75) is 29.7 Å². The van der Waals surface area contributed by atoms with Gasteiger partial charge >= 0.3 is 10.8 Å². The Bertz CT molecular complexity index is 1730. The summed E-state index contributed by atoms with van der Waals surface area (Å²) in [7, 11) is 0. The van der Waals surface area contributed by atoms with Crippen molar-refractivity contribution in [2.75, 3.05) is 16.8 Å². The maximum Gasteiger partial charge on any atom is 0.338 e. The predicted molar refractivity (Wildman–Crippen MR) is 160 cm³/mol. The fourth-order valence-corrected chi connectivity index (χ4v) is 8.13. The van der Waals surface area contributed by atoms with Gasteiger partial charge in [-0.1, -0.05) is 71.6 Å². The van der Waals surface area contributed by atoms with E-state index in [2.05, 4.69) is 5.32 Å². The Labute approximate surface area is 249 Å². The standard InChI is InChI=1S/C31H25N3O6S2/c1-2-40-30(38)19-13-15-20(16-14-19)32-22(35)17-33-29-26(42-31(33)39)23(18-9-5-3-6-10-18)24-25(41-29)28(37)34(27(24)36)21-11-7-4-8-12-21/h3-16,23-25H,2,17H2,1H3,(H,32,35)/t23-,24-,25+/m0/s1. The number of rotatable bonds is 7.